The molecule has 0 spiro atoms. The summed E-state index contributed by atoms with van der Waals surface area (Å²) < 4.78 is 10.3. The zero-order valence-corrected chi connectivity index (χ0v) is 10.6. The molecule has 100 valence electrons. The van der Waals surface area contributed by atoms with Crippen LogP contribution in [0.15, 0.2) is 24.4 Å². The minimum Gasteiger partial charge on any atom is -0.474 e. The molecular formula is C14H15NO4. The van der Waals surface area contributed by atoms with E-state index in [1.807, 2.05) is 6.07 Å². The molecule has 1 aliphatic rings. The Balaban J connectivity index is 1.83. The first-order valence-corrected chi connectivity index (χ1v) is 6.05. The van der Waals surface area contributed by atoms with E-state index < -0.39 is 0 Å². The van der Waals surface area contributed by atoms with Crippen molar-refractivity contribution in [2.45, 2.75) is 18.9 Å². The number of rotatable bonds is 5. The fourth-order valence-corrected chi connectivity index (χ4v) is 1.90. The molecule has 19 heavy (non-hydrogen) atoms. The Morgan fingerprint density at radius 1 is 1.42 bits per heavy atom. The van der Waals surface area contributed by atoms with Crippen LogP contribution in [0.25, 0.3) is 6.08 Å². The van der Waals surface area contributed by atoms with Gasteiger partial charge in [-0.2, -0.15) is 0 Å². The topological polar surface area (TPSA) is 65.5 Å². The number of hydrogen-bond acceptors (Lipinski definition) is 5. The summed E-state index contributed by atoms with van der Waals surface area (Å²) in [5.41, 5.74) is 0.834. The van der Waals surface area contributed by atoms with Crippen molar-refractivity contribution in [2.75, 3.05) is 7.11 Å². The van der Waals surface area contributed by atoms with Crippen LogP contribution in [0, 0.1) is 5.92 Å². The van der Waals surface area contributed by atoms with Crippen molar-refractivity contribution in [1.29, 1.82) is 0 Å². The highest BCUT2D eigenvalue weighted by molar-refractivity contribution is 5.74. The number of hydrogen-bond donors (Lipinski definition) is 0. The van der Waals surface area contributed by atoms with Gasteiger partial charge >= 0.3 is 5.97 Å². The van der Waals surface area contributed by atoms with Crippen LogP contribution in [-0.4, -0.2) is 30.5 Å². The van der Waals surface area contributed by atoms with Gasteiger partial charge in [0.1, 0.15) is 12.4 Å². The normalized spacial score (nSPS) is 21.7. The number of allylic oxidation sites excluding steroid dienone is 1. The van der Waals surface area contributed by atoms with Crippen molar-refractivity contribution >= 4 is 18.3 Å². The molecule has 0 bridgehead atoms. The van der Waals surface area contributed by atoms with E-state index in [1.165, 1.54) is 13.2 Å². The average Bonchev–Trinajstić information content (AvgIpc) is 2.40. The maximum absolute atomic E-state index is 11.2. The zero-order valence-electron chi connectivity index (χ0n) is 10.6. The Bertz CT molecular complexity index is 475. The third-order valence-electron chi connectivity index (χ3n) is 3.04. The zero-order chi connectivity index (χ0) is 13.7. The van der Waals surface area contributed by atoms with Crippen molar-refractivity contribution in [3.8, 4) is 5.88 Å². The van der Waals surface area contributed by atoms with Gasteiger partial charge in [-0.25, -0.2) is 4.98 Å². The molecule has 5 nitrogen and oxygen atoms in total. The van der Waals surface area contributed by atoms with Gasteiger partial charge in [-0.1, -0.05) is 6.08 Å². The van der Waals surface area contributed by atoms with E-state index in [2.05, 4.69) is 9.72 Å². The fourth-order valence-electron chi connectivity index (χ4n) is 1.90. The molecule has 1 fully saturated rings. The van der Waals surface area contributed by atoms with E-state index >= 15 is 0 Å². The smallest absolute Gasteiger partial charge is 0.308 e. The van der Waals surface area contributed by atoms with Crippen molar-refractivity contribution in [3.05, 3.63) is 30.0 Å². The quantitative estimate of drug-likeness (QED) is 0.458. The van der Waals surface area contributed by atoms with Gasteiger partial charge in [0.25, 0.3) is 0 Å². The lowest BCUT2D eigenvalue weighted by atomic mass is 9.82. The fraction of sp³-hybridized carbons (Fsp3) is 0.357. The van der Waals surface area contributed by atoms with Gasteiger partial charge < -0.3 is 9.47 Å². The summed E-state index contributed by atoms with van der Waals surface area (Å²) in [4.78, 5) is 25.5. The van der Waals surface area contributed by atoms with Gasteiger partial charge in [-0.15, -0.1) is 0 Å². The molecule has 1 saturated carbocycles. The maximum atomic E-state index is 11.2. The highest BCUT2D eigenvalue weighted by atomic mass is 16.5. The highest BCUT2D eigenvalue weighted by Gasteiger charge is 2.37. The molecule has 0 atom stereocenters. The van der Waals surface area contributed by atoms with E-state index in [9.17, 15) is 9.59 Å². The lowest BCUT2D eigenvalue weighted by Crippen LogP contribution is -2.38. The van der Waals surface area contributed by atoms with E-state index in [-0.39, 0.29) is 18.0 Å². The Kier molecular flexibility index (Phi) is 4.28. The Morgan fingerprint density at radius 3 is 2.79 bits per heavy atom. The molecule has 1 aromatic rings. The molecule has 2 rings (SSSR count). The first-order valence-electron chi connectivity index (χ1n) is 6.05. The van der Waals surface area contributed by atoms with Crippen LogP contribution in [-0.2, 0) is 14.3 Å². The Hall–Kier alpha value is -2.17. The Morgan fingerprint density at radius 2 is 2.21 bits per heavy atom. The molecular weight excluding hydrogens is 246 g/mol. The molecule has 1 aromatic heterocycles. The third kappa shape index (κ3) is 3.40. The second-order valence-electron chi connectivity index (χ2n) is 4.36. The molecule has 5 heteroatoms. The van der Waals surface area contributed by atoms with Gasteiger partial charge in [-0.05, 0) is 30.5 Å². The molecule has 0 aliphatic heterocycles. The standard InChI is InChI=1S/C14H15NO4/c1-18-14(17)11-7-12(8-11)19-13-5-4-10(9-15-13)3-2-6-16/h2-6,9,11-12H,7-8H2,1H3/b3-2+/t11-,12-. The number of nitrogens with zero attached hydrogens (tertiary/aromatic N) is 1. The van der Waals surface area contributed by atoms with Gasteiger partial charge in [-0.3, -0.25) is 9.59 Å². The Labute approximate surface area is 111 Å². The summed E-state index contributed by atoms with van der Waals surface area (Å²) >= 11 is 0. The number of pyridine rings is 1. The number of esters is 1. The van der Waals surface area contributed by atoms with Crippen molar-refractivity contribution in [1.82, 2.24) is 4.98 Å². The minimum atomic E-state index is -0.179. The minimum absolute atomic E-state index is 0.0213. The van der Waals surface area contributed by atoms with Crippen LogP contribution in [0.3, 0.4) is 0 Å². The van der Waals surface area contributed by atoms with Crippen molar-refractivity contribution < 1.29 is 19.1 Å². The van der Waals surface area contributed by atoms with Gasteiger partial charge in [0.2, 0.25) is 5.88 Å². The summed E-state index contributed by atoms with van der Waals surface area (Å²) in [6.45, 7) is 0. The predicted octanol–water partition coefficient (Wildman–Crippen LogP) is 1.62. The van der Waals surface area contributed by atoms with Crippen molar-refractivity contribution in [3.63, 3.8) is 0 Å². The lowest BCUT2D eigenvalue weighted by Gasteiger charge is -2.32. The third-order valence-corrected chi connectivity index (χ3v) is 3.04. The summed E-state index contributed by atoms with van der Waals surface area (Å²) in [5.74, 6) is 0.295. The van der Waals surface area contributed by atoms with Crippen LogP contribution in [0.2, 0.25) is 0 Å². The summed E-state index contributed by atoms with van der Waals surface area (Å²) in [6.07, 6.45) is 6.78. The van der Waals surface area contributed by atoms with Crippen LogP contribution in [0.1, 0.15) is 18.4 Å². The van der Waals surface area contributed by atoms with Crippen LogP contribution in [0.4, 0.5) is 0 Å². The van der Waals surface area contributed by atoms with Crippen LogP contribution in [0.5, 0.6) is 5.88 Å². The van der Waals surface area contributed by atoms with Gasteiger partial charge in [0.15, 0.2) is 0 Å². The summed E-state index contributed by atoms with van der Waals surface area (Å²) in [5, 5.41) is 0. The number of aromatic nitrogens is 1. The number of carbonyl (C=O) groups is 2. The van der Waals surface area contributed by atoms with E-state index in [4.69, 9.17) is 4.74 Å². The van der Waals surface area contributed by atoms with Crippen molar-refractivity contribution in [2.24, 2.45) is 5.92 Å². The molecule has 0 amide bonds. The van der Waals surface area contributed by atoms with E-state index in [0.29, 0.717) is 25.0 Å². The molecule has 0 radical (unpaired) electrons. The van der Waals surface area contributed by atoms with Crippen LogP contribution >= 0.6 is 0 Å². The van der Waals surface area contributed by atoms with Gasteiger partial charge in [0.05, 0.1) is 13.0 Å². The van der Waals surface area contributed by atoms with Crippen LogP contribution < -0.4 is 4.74 Å². The largest absolute Gasteiger partial charge is 0.474 e. The average molecular weight is 261 g/mol. The van der Waals surface area contributed by atoms with Gasteiger partial charge in [0, 0.05) is 12.3 Å². The first kappa shape index (κ1) is 13.3. The number of aldehydes is 1. The number of carbonyl (C=O) groups excluding carboxylic acids is 2. The molecule has 0 N–H and O–H groups in total. The molecule has 1 aliphatic carbocycles. The molecule has 0 unspecified atom stereocenters. The second-order valence-corrected chi connectivity index (χ2v) is 4.36. The number of methoxy groups -OCH3 is 1. The molecule has 1 heterocycles. The highest BCUT2D eigenvalue weighted by Crippen LogP contribution is 2.31. The molecule has 0 saturated heterocycles. The summed E-state index contributed by atoms with van der Waals surface area (Å²) in [6, 6.07) is 3.56. The SMILES string of the molecule is COC(=O)[C@H]1C[C@H](Oc2ccc(/C=C/C=O)cn2)C1. The lowest BCUT2D eigenvalue weighted by molar-refractivity contribution is -0.151. The maximum Gasteiger partial charge on any atom is 0.308 e. The first-order chi connectivity index (χ1) is 9.22. The van der Waals surface area contributed by atoms with E-state index in [1.54, 1.807) is 18.3 Å². The van der Waals surface area contributed by atoms with E-state index in [0.717, 1.165) is 5.56 Å². The predicted molar refractivity (Wildman–Crippen MR) is 68.5 cm³/mol. The molecule has 0 aromatic carbocycles. The second kappa shape index (κ2) is 6.13. The monoisotopic (exact) mass is 261 g/mol. The number of ether oxygens (including phenoxy) is 2. The summed E-state index contributed by atoms with van der Waals surface area (Å²) in [7, 11) is 1.39.